The van der Waals surface area contributed by atoms with Crippen molar-refractivity contribution in [3.8, 4) is 0 Å². The fourth-order valence-corrected chi connectivity index (χ4v) is 2.00. The highest BCUT2D eigenvalue weighted by atomic mass is 19.1. The van der Waals surface area contributed by atoms with Gasteiger partial charge in [0.25, 0.3) is 0 Å². The smallest absolute Gasteiger partial charge is 0.123 e. The largest absolute Gasteiger partial charge is 0.307 e. The maximum absolute atomic E-state index is 13.0. The molecular weight excluding hydrogens is 189 g/mol. The lowest BCUT2D eigenvalue weighted by molar-refractivity contribution is 0.440. The predicted molar refractivity (Wildman–Crippen MR) is 60.1 cm³/mol. The highest BCUT2D eigenvalue weighted by Crippen LogP contribution is 2.33. The van der Waals surface area contributed by atoms with Crippen molar-refractivity contribution in [1.82, 2.24) is 5.32 Å². The van der Waals surface area contributed by atoms with E-state index in [2.05, 4.69) is 19.2 Å². The Hall–Kier alpha value is -0.890. The van der Waals surface area contributed by atoms with E-state index in [0.29, 0.717) is 6.04 Å². The van der Waals surface area contributed by atoms with Gasteiger partial charge in [-0.2, -0.15) is 0 Å². The third kappa shape index (κ3) is 2.78. The van der Waals surface area contributed by atoms with Gasteiger partial charge in [-0.1, -0.05) is 12.1 Å². The molecule has 0 aromatic heterocycles. The molecule has 1 aliphatic rings. The van der Waals surface area contributed by atoms with Crippen molar-refractivity contribution >= 4 is 0 Å². The molecule has 2 heteroatoms. The van der Waals surface area contributed by atoms with Crippen LogP contribution in [0.3, 0.4) is 0 Å². The van der Waals surface area contributed by atoms with E-state index in [-0.39, 0.29) is 11.9 Å². The Bertz CT molecular complexity index is 333. The zero-order valence-electron chi connectivity index (χ0n) is 9.33. The summed E-state index contributed by atoms with van der Waals surface area (Å²) in [6.07, 6.45) is 2.67. The zero-order valence-corrected chi connectivity index (χ0v) is 9.33. The van der Waals surface area contributed by atoms with Crippen molar-refractivity contribution < 1.29 is 4.39 Å². The summed E-state index contributed by atoms with van der Waals surface area (Å²) in [6, 6.07) is 7.61. The molecule has 1 nitrogen and oxygen atoms in total. The van der Waals surface area contributed by atoms with Gasteiger partial charge in [0.05, 0.1) is 0 Å². The first-order chi connectivity index (χ1) is 7.16. The van der Waals surface area contributed by atoms with Gasteiger partial charge in [0.1, 0.15) is 5.82 Å². The van der Waals surface area contributed by atoms with Crippen molar-refractivity contribution in [2.45, 2.75) is 38.8 Å². The van der Waals surface area contributed by atoms with Crippen molar-refractivity contribution in [3.05, 3.63) is 35.6 Å². The quantitative estimate of drug-likeness (QED) is 0.799. The molecule has 0 radical (unpaired) electrons. The maximum Gasteiger partial charge on any atom is 0.123 e. The van der Waals surface area contributed by atoms with Crippen molar-refractivity contribution in [2.24, 2.45) is 5.92 Å². The van der Waals surface area contributed by atoms with Gasteiger partial charge in [-0.3, -0.25) is 0 Å². The topological polar surface area (TPSA) is 12.0 Å². The molecule has 1 aliphatic carbocycles. The van der Waals surface area contributed by atoms with E-state index in [4.69, 9.17) is 0 Å². The van der Waals surface area contributed by atoms with Gasteiger partial charge >= 0.3 is 0 Å². The number of hydrogen-bond acceptors (Lipinski definition) is 1. The van der Waals surface area contributed by atoms with Crippen LogP contribution in [0.25, 0.3) is 0 Å². The van der Waals surface area contributed by atoms with Crippen LogP contribution >= 0.6 is 0 Å². The predicted octanol–water partition coefficient (Wildman–Crippen LogP) is 3.27. The average Bonchev–Trinajstić information content (AvgIpc) is 3.00. The van der Waals surface area contributed by atoms with Gasteiger partial charge in [-0.05, 0) is 50.3 Å². The van der Waals surface area contributed by atoms with Crippen molar-refractivity contribution in [3.63, 3.8) is 0 Å². The van der Waals surface area contributed by atoms with Crippen LogP contribution in [0, 0.1) is 11.7 Å². The lowest BCUT2D eigenvalue weighted by Gasteiger charge is -2.20. The molecule has 0 heterocycles. The van der Waals surface area contributed by atoms with Crippen LogP contribution in [-0.4, -0.2) is 6.04 Å². The summed E-state index contributed by atoms with van der Waals surface area (Å²) >= 11 is 0. The lowest BCUT2D eigenvalue weighted by Crippen LogP contribution is -2.30. The van der Waals surface area contributed by atoms with Crippen molar-refractivity contribution in [2.75, 3.05) is 0 Å². The fraction of sp³-hybridized carbons (Fsp3) is 0.538. The molecule has 1 fully saturated rings. The third-order valence-electron chi connectivity index (χ3n) is 3.19. The Morgan fingerprint density at radius 1 is 1.33 bits per heavy atom. The van der Waals surface area contributed by atoms with Gasteiger partial charge < -0.3 is 5.32 Å². The molecule has 2 atom stereocenters. The van der Waals surface area contributed by atoms with Gasteiger partial charge in [-0.15, -0.1) is 0 Å². The molecule has 0 bridgehead atoms. The molecule has 0 saturated heterocycles. The van der Waals surface area contributed by atoms with Crippen LogP contribution in [0.4, 0.5) is 4.39 Å². The highest BCUT2D eigenvalue weighted by molar-refractivity contribution is 5.19. The number of rotatable bonds is 4. The minimum atomic E-state index is -0.153. The summed E-state index contributed by atoms with van der Waals surface area (Å²) in [6.45, 7) is 4.31. The van der Waals surface area contributed by atoms with Crippen LogP contribution in [0.5, 0.6) is 0 Å². The second-order valence-electron chi connectivity index (χ2n) is 4.57. The summed E-state index contributed by atoms with van der Waals surface area (Å²) in [7, 11) is 0. The van der Waals surface area contributed by atoms with Gasteiger partial charge in [0.2, 0.25) is 0 Å². The molecule has 1 unspecified atom stereocenters. The average molecular weight is 207 g/mol. The number of nitrogens with one attached hydrogen (secondary N) is 1. The number of benzene rings is 1. The van der Waals surface area contributed by atoms with Gasteiger partial charge in [-0.25, -0.2) is 4.39 Å². The lowest BCUT2D eigenvalue weighted by atomic mass is 10.1. The fourth-order valence-electron chi connectivity index (χ4n) is 2.00. The maximum atomic E-state index is 13.0. The van der Waals surface area contributed by atoms with E-state index >= 15 is 0 Å². The van der Waals surface area contributed by atoms with Crippen LogP contribution in [0.2, 0.25) is 0 Å². The molecule has 0 aliphatic heterocycles. The molecule has 15 heavy (non-hydrogen) atoms. The van der Waals surface area contributed by atoms with Crippen LogP contribution in [0.15, 0.2) is 24.3 Å². The summed E-state index contributed by atoms with van der Waals surface area (Å²) in [5.41, 5.74) is 1.03. The Labute approximate surface area is 90.7 Å². The molecule has 2 rings (SSSR count). The van der Waals surface area contributed by atoms with E-state index in [1.54, 1.807) is 12.1 Å². The minimum absolute atomic E-state index is 0.153. The minimum Gasteiger partial charge on any atom is -0.307 e. The Morgan fingerprint density at radius 3 is 2.67 bits per heavy atom. The summed E-state index contributed by atoms with van der Waals surface area (Å²) < 4.78 is 13.0. The normalized spacial score (nSPS) is 19.9. The molecule has 1 saturated carbocycles. The van der Waals surface area contributed by atoms with E-state index in [1.807, 2.05) is 6.07 Å². The first-order valence-corrected chi connectivity index (χ1v) is 5.68. The van der Waals surface area contributed by atoms with Crippen LogP contribution in [0.1, 0.15) is 38.3 Å². The number of halogens is 1. The van der Waals surface area contributed by atoms with E-state index in [0.717, 1.165) is 11.5 Å². The Kier molecular flexibility index (Phi) is 3.06. The molecule has 82 valence electrons. The molecule has 1 aromatic carbocycles. The molecule has 0 amide bonds. The van der Waals surface area contributed by atoms with Crippen molar-refractivity contribution in [1.29, 1.82) is 0 Å². The van der Waals surface area contributed by atoms with E-state index < -0.39 is 0 Å². The second kappa shape index (κ2) is 4.31. The van der Waals surface area contributed by atoms with E-state index in [1.165, 1.54) is 18.9 Å². The summed E-state index contributed by atoms with van der Waals surface area (Å²) in [5.74, 6) is 0.682. The zero-order chi connectivity index (χ0) is 10.8. The first-order valence-electron chi connectivity index (χ1n) is 5.68. The first kappa shape index (κ1) is 10.6. The van der Waals surface area contributed by atoms with Gasteiger partial charge in [0, 0.05) is 12.1 Å². The summed E-state index contributed by atoms with van der Waals surface area (Å²) in [5, 5.41) is 3.52. The Morgan fingerprint density at radius 2 is 2.07 bits per heavy atom. The second-order valence-corrected chi connectivity index (χ2v) is 4.57. The van der Waals surface area contributed by atoms with Gasteiger partial charge in [0.15, 0.2) is 0 Å². The van der Waals surface area contributed by atoms with E-state index in [9.17, 15) is 4.39 Å². The van der Waals surface area contributed by atoms with Crippen LogP contribution < -0.4 is 5.32 Å². The highest BCUT2D eigenvalue weighted by Gasteiger charge is 2.28. The SMILES string of the molecule is CC(N[C@@H](C)c1cccc(F)c1)C1CC1. The Balaban J connectivity index is 1.97. The monoisotopic (exact) mass is 207 g/mol. The molecule has 1 aromatic rings. The summed E-state index contributed by atoms with van der Waals surface area (Å²) in [4.78, 5) is 0. The van der Waals surface area contributed by atoms with Crippen LogP contribution in [-0.2, 0) is 0 Å². The molecule has 1 N–H and O–H groups in total. The third-order valence-corrected chi connectivity index (χ3v) is 3.19. The molecule has 0 spiro atoms. The standard InChI is InChI=1S/C13H18FN/c1-9(11-6-7-11)15-10(2)12-4-3-5-13(14)8-12/h3-5,8-11,15H,6-7H2,1-2H3/t9?,10-/m0/s1. The number of hydrogen-bond donors (Lipinski definition) is 1. The molecular formula is C13H18FN.